The zero-order chi connectivity index (χ0) is 13.2. The van der Waals surface area contributed by atoms with Crippen LogP contribution < -0.4 is 5.32 Å². The molecule has 0 aromatic rings. The van der Waals surface area contributed by atoms with E-state index in [0.29, 0.717) is 0 Å². The molecule has 0 bridgehead atoms. The summed E-state index contributed by atoms with van der Waals surface area (Å²) < 4.78 is 0. The van der Waals surface area contributed by atoms with E-state index in [0.717, 1.165) is 12.8 Å². The highest BCUT2D eigenvalue weighted by molar-refractivity contribution is 5.97. The Morgan fingerprint density at radius 1 is 1.06 bits per heavy atom. The summed E-state index contributed by atoms with van der Waals surface area (Å²) in [4.78, 5) is 26.0. The molecule has 4 heteroatoms. The molecule has 2 aliphatic rings. The van der Waals surface area contributed by atoms with Crippen molar-refractivity contribution in [3.63, 3.8) is 0 Å². The van der Waals surface area contributed by atoms with Crippen molar-refractivity contribution in [2.45, 2.75) is 70.4 Å². The van der Waals surface area contributed by atoms with E-state index in [1.54, 1.807) is 13.8 Å². The maximum Gasteiger partial charge on any atom is 0.248 e. The Balaban J connectivity index is 2.09. The van der Waals surface area contributed by atoms with Crippen LogP contribution in [0.4, 0.5) is 0 Å². The second-order valence-electron chi connectivity index (χ2n) is 6.11. The van der Waals surface area contributed by atoms with Crippen LogP contribution in [0, 0.1) is 0 Å². The van der Waals surface area contributed by atoms with Crippen LogP contribution in [-0.4, -0.2) is 34.8 Å². The van der Waals surface area contributed by atoms with Crippen molar-refractivity contribution in [1.29, 1.82) is 0 Å². The van der Waals surface area contributed by atoms with Gasteiger partial charge in [-0.25, -0.2) is 0 Å². The summed E-state index contributed by atoms with van der Waals surface area (Å²) in [5.74, 6) is 0.0503. The highest BCUT2D eigenvalue weighted by Crippen LogP contribution is 2.25. The molecule has 0 aromatic carbocycles. The third-order valence-electron chi connectivity index (χ3n) is 4.08. The molecule has 0 spiro atoms. The average molecular weight is 252 g/mol. The molecule has 1 aliphatic carbocycles. The van der Waals surface area contributed by atoms with Gasteiger partial charge in [-0.2, -0.15) is 0 Å². The Morgan fingerprint density at radius 3 is 2.22 bits per heavy atom. The van der Waals surface area contributed by atoms with Gasteiger partial charge in [0.15, 0.2) is 0 Å². The number of hydrogen-bond acceptors (Lipinski definition) is 2. The summed E-state index contributed by atoms with van der Waals surface area (Å²) in [5, 5.41) is 2.77. The molecule has 4 nitrogen and oxygen atoms in total. The Hall–Kier alpha value is -1.06. The van der Waals surface area contributed by atoms with Crippen LogP contribution in [0.3, 0.4) is 0 Å². The predicted octanol–water partition coefficient (Wildman–Crippen LogP) is 1.84. The van der Waals surface area contributed by atoms with Gasteiger partial charge in [0.2, 0.25) is 11.8 Å². The SMILES string of the molecule is CC1(C)NC(=O)CN(C2CCCCCCC2)C1=O. The topological polar surface area (TPSA) is 49.4 Å². The minimum absolute atomic E-state index is 0.0262. The number of nitrogens with zero attached hydrogens (tertiary/aromatic N) is 1. The van der Waals surface area contributed by atoms with Gasteiger partial charge in [0, 0.05) is 6.04 Å². The summed E-state index contributed by atoms with van der Waals surface area (Å²) in [7, 11) is 0. The van der Waals surface area contributed by atoms with E-state index < -0.39 is 5.54 Å². The minimum Gasteiger partial charge on any atom is -0.341 e. The van der Waals surface area contributed by atoms with Gasteiger partial charge in [-0.3, -0.25) is 9.59 Å². The monoisotopic (exact) mass is 252 g/mol. The molecule has 1 heterocycles. The lowest BCUT2D eigenvalue weighted by molar-refractivity contribution is -0.151. The van der Waals surface area contributed by atoms with Gasteiger partial charge >= 0.3 is 0 Å². The van der Waals surface area contributed by atoms with E-state index in [-0.39, 0.29) is 24.4 Å². The maximum absolute atomic E-state index is 12.4. The second-order valence-corrected chi connectivity index (χ2v) is 6.11. The fourth-order valence-electron chi connectivity index (χ4n) is 3.07. The molecule has 2 amide bonds. The van der Waals surface area contributed by atoms with Crippen molar-refractivity contribution in [2.24, 2.45) is 0 Å². The Morgan fingerprint density at radius 2 is 1.61 bits per heavy atom. The quantitative estimate of drug-likeness (QED) is 0.774. The number of carbonyl (C=O) groups is 2. The van der Waals surface area contributed by atoms with Gasteiger partial charge < -0.3 is 10.2 Å². The van der Waals surface area contributed by atoms with Crippen LogP contribution in [0.5, 0.6) is 0 Å². The van der Waals surface area contributed by atoms with Crippen molar-refractivity contribution < 1.29 is 9.59 Å². The van der Waals surface area contributed by atoms with Gasteiger partial charge in [0.1, 0.15) is 5.54 Å². The molecule has 2 rings (SSSR count). The second kappa shape index (κ2) is 5.29. The number of rotatable bonds is 1. The largest absolute Gasteiger partial charge is 0.341 e. The molecule has 1 saturated heterocycles. The zero-order valence-electron chi connectivity index (χ0n) is 11.5. The lowest BCUT2D eigenvalue weighted by Crippen LogP contribution is -2.65. The number of carbonyl (C=O) groups excluding carboxylic acids is 2. The van der Waals surface area contributed by atoms with E-state index in [4.69, 9.17) is 0 Å². The van der Waals surface area contributed by atoms with E-state index in [9.17, 15) is 9.59 Å². The Bertz CT molecular complexity index is 331. The van der Waals surface area contributed by atoms with Crippen LogP contribution in [0.25, 0.3) is 0 Å². The fraction of sp³-hybridized carbons (Fsp3) is 0.857. The normalized spacial score (nSPS) is 26.4. The Labute approximate surface area is 109 Å². The van der Waals surface area contributed by atoms with E-state index in [1.807, 2.05) is 4.90 Å². The first kappa shape index (κ1) is 13.4. The molecule has 1 saturated carbocycles. The van der Waals surface area contributed by atoms with E-state index >= 15 is 0 Å². The molecule has 18 heavy (non-hydrogen) atoms. The van der Waals surface area contributed by atoms with Crippen molar-refractivity contribution in [3.8, 4) is 0 Å². The number of amides is 2. The van der Waals surface area contributed by atoms with Gasteiger partial charge in [-0.1, -0.05) is 32.1 Å². The third-order valence-corrected chi connectivity index (χ3v) is 4.08. The molecule has 0 unspecified atom stereocenters. The molecule has 0 radical (unpaired) electrons. The number of piperazine rings is 1. The van der Waals surface area contributed by atoms with Crippen LogP contribution in [0.15, 0.2) is 0 Å². The lowest BCUT2D eigenvalue weighted by atomic mass is 9.92. The smallest absolute Gasteiger partial charge is 0.248 e. The van der Waals surface area contributed by atoms with Gasteiger partial charge in [-0.05, 0) is 26.7 Å². The molecule has 1 N–H and O–H groups in total. The molecule has 0 atom stereocenters. The first-order valence-electron chi connectivity index (χ1n) is 7.13. The highest BCUT2D eigenvalue weighted by Gasteiger charge is 2.41. The first-order chi connectivity index (χ1) is 8.50. The summed E-state index contributed by atoms with van der Waals surface area (Å²) >= 11 is 0. The molecule has 2 fully saturated rings. The van der Waals surface area contributed by atoms with Gasteiger partial charge in [-0.15, -0.1) is 0 Å². The summed E-state index contributed by atoms with van der Waals surface area (Å²) in [6.07, 6.45) is 8.28. The first-order valence-corrected chi connectivity index (χ1v) is 7.13. The zero-order valence-corrected chi connectivity index (χ0v) is 11.5. The molecular formula is C14H24N2O2. The maximum atomic E-state index is 12.4. The van der Waals surface area contributed by atoms with Crippen LogP contribution in [0.1, 0.15) is 58.8 Å². The van der Waals surface area contributed by atoms with E-state index in [2.05, 4.69) is 5.32 Å². The third kappa shape index (κ3) is 2.85. The number of nitrogens with one attached hydrogen (secondary N) is 1. The molecule has 0 aromatic heterocycles. The van der Waals surface area contributed by atoms with E-state index in [1.165, 1.54) is 32.1 Å². The van der Waals surface area contributed by atoms with Crippen LogP contribution >= 0.6 is 0 Å². The molecule has 102 valence electrons. The highest BCUT2D eigenvalue weighted by atomic mass is 16.2. The minimum atomic E-state index is -0.738. The van der Waals surface area contributed by atoms with Gasteiger partial charge in [0.25, 0.3) is 0 Å². The van der Waals surface area contributed by atoms with Gasteiger partial charge in [0.05, 0.1) is 6.54 Å². The summed E-state index contributed by atoms with van der Waals surface area (Å²) in [6.45, 7) is 3.83. The Kier molecular flexibility index (Phi) is 3.93. The van der Waals surface area contributed by atoms with Crippen LogP contribution in [-0.2, 0) is 9.59 Å². The molecular weight excluding hydrogens is 228 g/mol. The standard InChI is InChI=1S/C14H24N2O2/c1-14(2)13(18)16(10-12(17)15-14)11-8-6-4-3-5-7-9-11/h11H,3-10H2,1-2H3,(H,15,17). The average Bonchev–Trinajstić information content (AvgIpc) is 2.23. The number of hydrogen-bond donors (Lipinski definition) is 1. The fourth-order valence-corrected chi connectivity index (χ4v) is 3.07. The predicted molar refractivity (Wildman–Crippen MR) is 70.0 cm³/mol. The summed E-state index contributed by atoms with van der Waals surface area (Å²) in [5.41, 5.74) is -0.738. The van der Waals surface area contributed by atoms with Crippen molar-refractivity contribution in [3.05, 3.63) is 0 Å². The molecule has 1 aliphatic heterocycles. The van der Waals surface area contributed by atoms with Crippen molar-refractivity contribution in [1.82, 2.24) is 10.2 Å². The van der Waals surface area contributed by atoms with Crippen molar-refractivity contribution in [2.75, 3.05) is 6.54 Å². The van der Waals surface area contributed by atoms with Crippen molar-refractivity contribution >= 4 is 11.8 Å². The lowest BCUT2D eigenvalue weighted by Gasteiger charge is -2.42. The van der Waals surface area contributed by atoms with Crippen LogP contribution in [0.2, 0.25) is 0 Å². The summed E-state index contributed by atoms with van der Waals surface area (Å²) in [6, 6.07) is 0.267.